The highest BCUT2D eigenvalue weighted by Crippen LogP contribution is 2.40. The van der Waals surface area contributed by atoms with Gasteiger partial charge in [-0.3, -0.25) is 9.78 Å². The first-order chi connectivity index (χ1) is 16.0. The zero-order chi connectivity index (χ0) is 24.0. The Labute approximate surface area is 196 Å². The average molecular weight is 476 g/mol. The maximum Gasteiger partial charge on any atom is 0.280 e. The number of ether oxygens (including phenoxy) is 1. The number of nitrogens with one attached hydrogen (secondary N) is 3. The second-order valence-electron chi connectivity index (χ2n) is 7.36. The standard InChI is InChI=1S/C21H21F2N5O2S.C2H6/c1-30-17-10-25-16(18(22)23)9-15(17)14-8-11(6-7-24)2-5-13(14)19(29)26-21-28-27-20(31-21)12-3-4-12;1-2/h2,5,8-10,12,18,20-21,27-28H,3-4,6H2,1H3,(H,26,29);1-2H3. The molecule has 2 heterocycles. The monoisotopic (exact) mass is 475 g/mol. The zero-order valence-corrected chi connectivity index (χ0v) is 19.5. The van der Waals surface area contributed by atoms with Crippen molar-refractivity contribution < 1.29 is 18.3 Å². The third kappa shape index (κ3) is 5.99. The number of thioether (sulfide) groups is 1. The number of carbonyl (C=O) groups excluding carboxylic acids is 1. The van der Waals surface area contributed by atoms with Crippen molar-refractivity contribution in [2.75, 3.05) is 7.11 Å². The lowest BCUT2D eigenvalue weighted by atomic mass is 9.95. The van der Waals surface area contributed by atoms with Crippen LogP contribution in [-0.4, -0.2) is 28.9 Å². The van der Waals surface area contributed by atoms with Crippen LogP contribution in [0, 0.1) is 17.2 Å². The predicted octanol–water partition coefficient (Wildman–Crippen LogP) is 4.38. The number of hydrogen-bond acceptors (Lipinski definition) is 7. The van der Waals surface area contributed by atoms with Gasteiger partial charge in [-0.1, -0.05) is 31.7 Å². The molecule has 7 nitrogen and oxygen atoms in total. The van der Waals surface area contributed by atoms with E-state index < -0.39 is 12.1 Å². The number of alkyl halides is 2. The van der Waals surface area contributed by atoms with Crippen LogP contribution in [0.25, 0.3) is 11.1 Å². The molecule has 1 aromatic heterocycles. The number of aromatic nitrogens is 1. The molecule has 3 N–H and O–H groups in total. The molecular weight excluding hydrogens is 448 g/mol. The topological polar surface area (TPSA) is 99.1 Å². The van der Waals surface area contributed by atoms with Gasteiger partial charge in [0.05, 0.1) is 31.2 Å². The molecule has 1 aliphatic carbocycles. The number of halogens is 2. The van der Waals surface area contributed by atoms with Gasteiger partial charge in [-0.25, -0.2) is 19.6 Å². The minimum atomic E-state index is -2.77. The fourth-order valence-corrected chi connectivity index (χ4v) is 4.67. The summed E-state index contributed by atoms with van der Waals surface area (Å²) in [7, 11) is 1.41. The summed E-state index contributed by atoms with van der Waals surface area (Å²) in [6.07, 6.45) is 0.914. The second-order valence-corrected chi connectivity index (χ2v) is 8.61. The Morgan fingerprint density at radius 3 is 2.70 bits per heavy atom. The molecule has 1 aliphatic heterocycles. The van der Waals surface area contributed by atoms with E-state index in [0.717, 1.165) is 0 Å². The molecule has 1 aromatic carbocycles. The van der Waals surface area contributed by atoms with Crippen LogP contribution < -0.4 is 20.9 Å². The van der Waals surface area contributed by atoms with Crippen LogP contribution in [0.4, 0.5) is 8.78 Å². The largest absolute Gasteiger partial charge is 0.494 e. The summed E-state index contributed by atoms with van der Waals surface area (Å²) >= 11 is 1.60. The van der Waals surface area contributed by atoms with Gasteiger partial charge < -0.3 is 10.1 Å². The summed E-state index contributed by atoms with van der Waals surface area (Å²) in [6.45, 7) is 4.00. The highest BCUT2D eigenvalue weighted by molar-refractivity contribution is 8.00. The summed E-state index contributed by atoms with van der Waals surface area (Å²) in [6, 6.07) is 8.23. The molecule has 1 saturated carbocycles. The van der Waals surface area contributed by atoms with E-state index in [2.05, 4.69) is 27.2 Å². The Morgan fingerprint density at radius 2 is 2.06 bits per heavy atom. The van der Waals surface area contributed by atoms with Crippen molar-refractivity contribution in [3.05, 3.63) is 47.3 Å². The molecule has 1 saturated heterocycles. The number of nitriles is 1. The summed E-state index contributed by atoms with van der Waals surface area (Å²) in [5, 5.41) is 12.2. The average Bonchev–Trinajstić information content (AvgIpc) is 3.58. The molecule has 2 atom stereocenters. The highest BCUT2D eigenvalue weighted by Gasteiger charge is 2.37. The minimum absolute atomic E-state index is 0.122. The third-order valence-corrected chi connectivity index (χ3v) is 6.49. The SMILES string of the molecule is CC.COc1cnc(C(F)F)cc1-c1cc(CC#N)ccc1C(=O)NC1NNC(C2CC2)S1. The van der Waals surface area contributed by atoms with E-state index in [9.17, 15) is 13.6 Å². The predicted molar refractivity (Wildman–Crippen MR) is 123 cm³/mol. The fraction of sp³-hybridized carbons (Fsp3) is 0.435. The van der Waals surface area contributed by atoms with Crippen LogP contribution in [0.1, 0.15) is 54.7 Å². The fourth-order valence-electron chi connectivity index (χ4n) is 3.43. The summed E-state index contributed by atoms with van der Waals surface area (Å²) in [4.78, 5) is 16.8. The second kappa shape index (κ2) is 11.4. The molecule has 176 valence electrons. The molecule has 2 aliphatic rings. The number of pyridine rings is 1. The minimum Gasteiger partial charge on any atom is -0.494 e. The van der Waals surface area contributed by atoms with Crippen LogP contribution in [0.15, 0.2) is 30.5 Å². The molecule has 0 bridgehead atoms. The van der Waals surface area contributed by atoms with E-state index in [1.165, 1.54) is 32.2 Å². The van der Waals surface area contributed by atoms with Gasteiger partial charge >= 0.3 is 0 Å². The van der Waals surface area contributed by atoms with Crippen molar-refractivity contribution in [3.63, 3.8) is 0 Å². The molecule has 10 heteroatoms. The Hall–Kier alpha value is -2.74. The van der Waals surface area contributed by atoms with Gasteiger partial charge in [0, 0.05) is 11.1 Å². The normalized spacial score (nSPS) is 19.4. The van der Waals surface area contributed by atoms with Crippen molar-refractivity contribution >= 4 is 17.7 Å². The summed E-state index contributed by atoms with van der Waals surface area (Å²) in [5.41, 5.74) is 7.20. The summed E-state index contributed by atoms with van der Waals surface area (Å²) < 4.78 is 31.9. The third-order valence-electron chi connectivity index (χ3n) is 5.19. The van der Waals surface area contributed by atoms with Gasteiger partial charge in [-0.2, -0.15) is 5.26 Å². The molecule has 0 spiro atoms. The van der Waals surface area contributed by atoms with Crippen LogP contribution in [0.5, 0.6) is 5.75 Å². The number of hydrogen-bond donors (Lipinski definition) is 3. The number of nitrogens with zero attached hydrogens (tertiary/aromatic N) is 2. The van der Waals surface area contributed by atoms with Gasteiger partial charge in [-0.05, 0) is 48.1 Å². The zero-order valence-electron chi connectivity index (χ0n) is 18.7. The lowest BCUT2D eigenvalue weighted by molar-refractivity contribution is 0.0945. The number of rotatable bonds is 7. The van der Waals surface area contributed by atoms with Crippen LogP contribution in [0.2, 0.25) is 0 Å². The number of amides is 1. The molecule has 2 unspecified atom stereocenters. The van der Waals surface area contributed by atoms with Gasteiger partial charge in [0.15, 0.2) is 0 Å². The quantitative estimate of drug-likeness (QED) is 0.547. The van der Waals surface area contributed by atoms with E-state index >= 15 is 0 Å². The van der Waals surface area contributed by atoms with Gasteiger partial charge in [0.2, 0.25) is 0 Å². The first-order valence-electron chi connectivity index (χ1n) is 10.8. The molecule has 2 fully saturated rings. The van der Waals surface area contributed by atoms with E-state index in [1.807, 2.05) is 13.8 Å². The van der Waals surface area contributed by atoms with E-state index in [1.54, 1.807) is 30.0 Å². The van der Waals surface area contributed by atoms with Crippen molar-refractivity contribution in [3.8, 4) is 22.9 Å². The molecule has 4 rings (SSSR count). The maximum absolute atomic E-state index is 13.3. The van der Waals surface area contributed by atoms with E-state index in [-0.39, 0.29) is 28.9 Å². The van der Waals surface area contributed by atoms with Crippen molar-refractivity contribution in [1.29, 1.82) is 5.26 Å². The molecule has 33 heavy (non-hydrogen) atoms. The highest BCUT2D eigenvalue weighted by atomic mass is 32.2. The van der Waals surface area contributed by atoms with Crippen LogP contribution >= 0.6 is 11.8 Å². The number of methoxy groups -OCH3 is 1. The van der Waals surface area contributed by atoms with Gasteiger partial charge in [0.25, 0.3) is 12.3 Å². The van der Waals surface area contributed by atoms with Crippen LogP contribution in [0.3, 0.4) is 0 Å². The number of carbonyl (C=O) groups is 1. The molecule has 2 aromatic rings. The Bertz CT molecular complexity index is 1030. The smallest absolute Gasteiger partial charge is 0.280 e. The Balaban J connectivity index is 0.00000149. The number of hydrazine groups is 1. The first kappa shape index (κ1) is 24.9. The lowest BCUT2D eigenvalue weighted by Gasteiger charge is -2.17. The Kier molecular flexibility index (Phi) is 8.61. The van der Waals surface area contributed by atoms with E-state index in [4.69, 9.17) is 10.00 Å². The van der Waals surface area contributed by atoms with E-state index in [0.29, 0.717) is 28.2 Å². The lowest BCUT2D eigenvalue weighted by Crippen LogP contribution is -2.43. The summed E-state index contributed by atoms with van der Waals surface area (Å²) in [5.74, 6) is 0.504. The number of benzene rings is 1. The van der Waals surface area contributed by atoms with Crippen molar-refractivity contribution in [1.82, 2.24) is 21.2 Å². The molecule has 1 amide bonds. The van der Waals surface area contributed by atoms with Crippen molar-refractivity contribution in [2.24, 2.45) is 5.92 Å². The van der Waals surface area contributed by atoms with Crippen LogP contribution in [-0.2, 0) is 6.42 Å². The maximum atomic E-state index is 13.3. The van der Waals surface area contributed by atoms with Crippen molar-refractivity contribution in [2.45, 2.75) is 50.4 Å². The Morgan fingerprint density at radius 1 is 1.30 bits per heavy atom. The molecule has 0 radical (unpaired) electrons. The first-order valence-corrected chi connectivity index (χ1v) is 11.7. The molecular formula is C23H27F2N5O2S. The van der Waals surface area contributed by atoms with Gasteiger partial charge in [0.1, 0.15) is 16.9 Å². The van der Waals surface area contributed by atoms with Gasteiger partial charge in [-0.15, -0.1) is 0 Å².